The molecule has 2 atom stereocenters. The number of methoxy groups -OCH3 is 1. The van der Waals surface area contributed by atoms with Crippen molar-refractivity contribution in [1.82, 2.24) is 14.5 Å². The lowest BCUT2D eigenvalue weighted by molar-refractivity contribution is -0.128. The van der Waals surface area contributed by atoms with Gasteiger partial charge in [-0.3, -0.25) is 0 Å². The molecule has 0 radical (unpaired) electrons. The number of benzene rings is 2. The van der Waals surface area contributed by atoms with E-state index in [1.54, 1.807) is 31.3 Å². The Morgan fingerprint density at radius 1 is 1.24 bits per heavy atom. The molecule has 1 fully saturated rings. The number of hydrogen-bond acceptors (Lipinski definition) is 7. The number of nitrogens with zero attached hydrogens (tertiary/aromatic N) is 4. The molecule has 3 aromatic rings. The van der Waals surface area contributed by atoms with Crippen LogP contribution in [-0.2, 0) is 10.6 Å². The number of rotatable bonds is 4. The van der Waals surface area contributed by atoms with Crippen molar-refractivity contribution in [3.8, 4) is 17.2 Å². The van der Waals surface area contributed by atoms with Gasteiger partial charge >= 0.3 is 0 Å². The summed E-state index contributed by atoms with van der Waals surface area (Å²) in [5, 5.41) is 4.72. The summed E-state index contributed by atoms with van der Waals surface area (Å²) in [4.78, 5) is 13.8. The number of amidine groups is 1. The predicted molar refractivity (Wildman–Crippen MR) is 127 cm³/mol. The number of hydrogen-bond donors (Lipinski definition) is 0. The number of oxime groups is 1. The first-order valence-electron chi connectivity index (χ1n) is 11.4. The van der Waals surface area contributed by atoms with E-state index in [-0.39, 0.29) is 11.1 Å². The van der Waals surface area contributed by atoms with Crippen LogP contribution in [0.2, 0.25) is 0 Å². The largest absolute Gasteiger partial charge is 0.495 e. The second kappa shape index (κ2) is 8.23. The molecule has 0 amide bonds. The van der Waals surface area contributed by atoms with Crippen molar-refractivity contribution in [3.05, 3.63) is 66.0 Å². The van der Waals surface area contributed by atoms with E-state index < -0.39 is 5.72 Å². The van der Waals surface area contributed by atoms with E-state index >= 15 is 0 Å². The zero-order valence-electron chi connectivity index (χ0n) is 19.0. The number of aromatic nitrogens is 2. The Labute approximate surface area is 201 Å². The molecular formula is C25H25FN4O3S. The number of halogens is 1. The van der Waals surface area contributed by atoms with Gasteiger partial charge in [-0.25, -0.2) is 9.37 Å². The Hall–Kier alpha value is -3.20. The van der Waals surface area contributed by atoms with Gasteiger partial charge in [0.2, 0.25) is 5.72 Å². The summed E-state index contributed by atoms with van der Waals surface area (Å²) in [6.45, 7) is 3.27. The lowest BCUT2D eigenvalue weighted by Gasteiger charge is -2.43. The predicted octanol–water partition coefficient (Wildman–Crippen LogP) is 4.86. The minimum atomic E-state index is -0.726. The van der Waals surface area contributed by atoms with E-state index in [2.05, 4.69) is 33.2 Å². The van der Waals surface area contributed by atoms with Gasteiger partial charge in [-0.1, -0.05) is 5.16 Å². The number of aryl methyl sites for hydroxylation is 1. The molecule has 1 spiro atoms. The van der Waals surface area contributed by atoms with Crippen LogP contribution in [0.3, 0.4) is 0 Å². The molecule has 1 saturated heterocycles. The highest BCUT2D eigenvalue weighted by Gasteiger charge is 2.53. The molecule has 3 aliphatic heterocycles. The fourth-order valence-corrected chi connectivity index (χ4v) is 6.23. The molecule has 2 aromatic carbocycles. The van der Waals surface area contributed by atoms with Crippen molar-refractivity contribution in [3.63, 3.8) is 0 Å². The van der Waals surface area contributed by atoms with E-state index in [0.29, 0.717) is 18.8 Å². The molecule has 9 heteroatoms. The first-order valence-corrected chi connectivity index (χ1v) is 12.3. The smallest absolute Gasteiger partial charge is 0.243 e. The summed E-state index contributed by atoms with van der Waals surface area (Å²) in [6.07, 6.45) is 6.43. The van der Waals surface area contributed by atoms with E-state index in [9.17, 15) is 4.39 Å². The standard InChI is InChI=1S/C25H25FN4O3S/c1-16-14-29(15-27-16)20-8-6-18(13-22(20)31-2)34-23-4-3-10-30-24(23)28-33-25(30)9-11-32-21-12-17(26)5-7-19(21)25/h5-8,12-15,23H,3-4,9-11H2,1-2H3. The average Bonchev–Trinajstić information content (AvgIpc) is 3.44. The normalized spacial score (nSPS) is 23.1. The lowest BCUT2D eigenvalue weighted by atomic mass is 9.92. The molecule has 176 valence electrons. The molecule has 3 aliphatic rings. The highest BCUT2D eigenvalue weighted by molar-refractivity contribution is 8.00. The van der Waals surface area contributed by atoms with Gasteiger partial charge < -0.3 is 23.8 Å². The van der Waals surface area contributed by atoms with Gasteiger partial charge in [0, 0.05) is 30.1 Å². The molecule has 0 aliphatic carbocycles. The maximum absolute atomic E-state index is 13.8. The maximum Gasteiger partial charge on any atom is 0.243 e. The van der Waals surface area contributed by atoms with Crippen LogP contribution in [0.25, 0.3) is 5.69 Å². The molecule has 1 aromatic heterocycles. The fourth-order valence-electron chi connectivity index (χ4n) is 5.02. The third kappa shape index (κ3) is 3.41. The Morgan fingerprint density at radius 2 is 2.15 bits per heavy atom. The minimum Gasteiger partial charge on any atom is -0.495 e. The summed E-state index contributed by atoms with van der Waals surface area (Å²) >= 11 is 1.76. The first kappa shape index (κ1) is 21.3. The molecule has 2 unspecified atom stereocenters. The van der Waals surface area contributed by atoms with Crippen molar-refractivity contribution in [2.75, 3.05) is 20.3 Å². The topological polar surface area (TPSA) is 61.1 Å². The average molecular weight is 481 g/mol. The summed E-state index contributed by atoms with van der Waals surface area (Å²) < 4.78 is 27.2. The van der Waals surface area contributed by atoms with E-state index in [1.165, 1.54) is 12.1 Å². The fraction of sp³-hybridized carbons (Fsp3) is 0.360. The zero-order chi connectivity index (χ0) is 23.3. The van der Waals surface area contributed by atoms with Gasteiger partial charge in [0.1, 0.15) is 17.3 Å². The van der Waals surface area contributed by atoms with Crippen LogP contribution in [0.4, 0.5) is 4.39 Å². The van der Waals surface area contributed by atoms with Gasteiger partial charge in [-0.05, 0) is 50.1 Å². The lowest BCUT2D eigenvalue weighted by Crippen LogP contribution is -2.53. The van der Waals surface area contributed by atoms with Crippen LogP contribution in [0.15, 0.2) is 59.0 Å². The SMILES string of the molecule is COc1cc(SC2CCCN3C2=NOC32CCOc3cc(F)ccc32)ccc1-n1cnc(C)c1. The van der Waals surface area contributed by atoms with Crippen molar-refractivity contribution in [1.29, 1.82) is 0 Å². The van der Waals surface area contributed by atoms with Gasteiger partial charge in [0.05, 0.1) is 42.2 Å². The maximum atomic E-state index is 13.8. The summed E-state index contributed by atoms with van der Waals surface area (Å²) in [7, 11) is 1.68. The van der Waals surface area contributed by atoms with Crippen LogP contribution >= 0.6 is 11.8 Å². The van der Waals surface area contributed by atoms with Gasteiger partial charge in [-0.2, -0.15) is 0 Å². The number of piperidine rings is 1. The van der Waals surface area contributed by atoms with Crippen molar-refractivity contribution in [2.24, 2.45) is 5.16 Å². The molecule has 7 nitrogen and oxygen atoms in total. The highest BCUT2D eigenvalue weighted by atomic mass is 32.2. The van der Waals surface area contributed by atoms with Crippen LogP contribution < -0.4 is 9.47 Å². The monoisotopic (exact) mass is 480 g/mol. The molecule has 0 bridgehead atoms. The van der Waals surface area contributed by atoms with Crippen LogP contribution in [0.5, 0.6) is 11.5 Å². The van der Waals surface area contributed by atoms with Gasteiger partial charge in [0.25, 0.3) is 0 Å². The number of fused-ring (bicyclic) bond motifs is 4. The zero-order valence-corrected chi connectivity index (χ0v) is 19.8. The van der Waals surface area contributed by atoms with Crippen molar-refractivity contribution < 1.29 is 18.7 Å². The molecule has 0 N–H and O–H groups in total. The Balaban J connectivity index is 1.27. The second-order valence-electron chi connectivity index (χ2n) is 8.72. The van der Waals surface area contributed by atoms with E-state index in [4.69, 9.17) is 14.3 Å². The summed E-state index contributed by atoms with van der Waals surface area (Å²) in [6, 6.07) is 10.9. The van der Waals surface area contributed by atoms with Crippen LogP contribution in [0.1, 0.15) is 30.5 Å². The molecular weight excluding hydrogens is 455 g/mol. The first-order chi connectivity index (χ1) is 16.6. The highest BCUT2D eigenvalue weighted by Crippen LogP contribution is 2.49. The van der Waals surface area contributed by atoms with Crippen LogP contribution in [0, 0.1) is 12.7 Å². The molecule has 4 heterocycles. The molecule has 34 heavy (non-hydrogen) atoms. The van der Waals surface area contributed by atoms with E-state index in [1.807, 2.05) is 17.7 Å². The minimum absolute atomic E-state index is 0.144. The Kier molecular flexibility index (Phi) is 5.17. The van der Waals surface area contributed by atoms with Crippen LogP contribution in [-0.4, -0.2) is 45.8 Å². The third-order valence-electron chi connectivity index (χ3n) is 6.62. The van der Waals surface area contributed by atoms with Crippen molar-refractivity contribution >= 4 is 17.6 Å². The Bertz CT molecular complexity index is 1280. The number of ether oxygens (including phenoxy) is 2. The number of thioether (sulfide) groups is 1. The van der Waals surface area contributed by atoms with Gasteiger partial charge in [-0.15, -0.1) is 11.8 Å². The molecule has 0 saturated carbocycles. The third-order valence-corrected chi connectivity index (χ3v) is 7.88. The second-order valence-corrected chi connectivity index (χ2v) is 10.00. The number of imidazole rings is 1. The summed E-state index contributed by atoms with van der Waals surface area (Å²) in [5.41, 5.74) is 2.01. The molecule has 6 rings (SSSR count). The Morgan fingerprint density at radius 3 is 2.97 bits per heavy atom. The quantitative estimate of drug-likeness (QED) is 0.531. The summed E-state index contributed by atoms with van der Waals surface area (Å²) in [5.74, 6) is 1.94. The van der Waals surface area contributed by atoms with E-state index in [0.717, 1.165) is 52.8 Å². The van der Waals surface area contributed by atoms with Gasteiger partial charge in [0.15, 0.2) is 5.84 Å². The van der Waals surface area contributed by atoms with Crippen molar-refractivity contribution in [2.45, 2.75) is 42.1 Å².